The molecule has 2 aromatic rings. The average molecular weight is 444 g/mol. The van der Waals surface area contributed by atoms with E-state index in [2.05, 4.69) is 5.32 Å². The van der Waals surface area contributed by atoms with Crippen LogP contribution < -0.4 is 20.5 Å². The SMILES string of the molecule is COc1cc(/C=C/C(=O)OC(C)C(=O)NCCc2ccc(F)cc2)ccc1OCC(N)=O. The molecule has 1 unspecified atom stereocenters. The van der Waals surface area contributed by atoms with E-state index in [4.69, 9.17) is 19.9 Å². The molecule has 0 aromatic heterocycles. The van der Waals surface area contributed by atoms with Crippen LogP contribution in [0.2, 0.25) is 0 Å². The van der Waals surface area contributed by atoms with Gasteiger partial charge in [-0.15, -0.1) is 0 Å². The molecule has 2 aromatic carbocycles. The van der Waals surface area contributed by atoms with Gasteiger partial charge in [-0.05, 0) is 54.8 Å². The number of hydrogen-bond acceptors (Lipinski definition) is 6. The maximum Gasteiger partial charge on any atom is 0.331 e. The summed E-state index contributed by atoms with van der Waals surface area (Å²) in [6.45, 7) is 1.50. The van der Waals surface area contributed by atoms with Gasteiger partial charge in [0.15, 0.2) is 24.2 Å². The molecule has 2 amide bonds. The minimum Gasteiger partial charge on any atom is -0.493 e. The van der Waals surface area contributed by atoms with Gasteiger partial charge < -0.3 is 25.3 Å². The van der Waals surface area contributed by atoms with Crippen LogP contribution in [0.15, 0.2) is 48.5 Å². The van der Waals surface area contributed by atoms with Crippen LogP contribution >= 0.6 is 0 Å². The van der Waals surface area contributed by atoms with E-state index in [0.29, 0.717) is 30.0 Å². The van der Waals surface area contributed by atoms with Crippen molar-refractivity contribution in [2.75, 3.05) is 20.3 Å². The molecule has 0 aliphatic heterocycles. The number of halogens is 1. The molecule has 0 spiro atoms. The van der Waals surface area contributed by atoms with Gasteiger partial charge in [-0.1, -0.05) is 18.2 Å². The van der Waals surface area contributed by atoms with E-state index in [9.17, 15) is 18.8 Å². The van der Waals surface area contributed by atoms with E-state index >= 15 is 0 Å². The van der Waals surface area contributed by atoms with Crippen molar-refractivity contribution in [3.8, 4) is 11.5 Å². The normalized spacial score (nSPS) is 11.6. The number of primary amides is 1. The first kappa shape index (κ1) is 24.4. The van der Waals surface area contributed by atoms with Crippen molar-refractivity contribution in [3.05, 3.63) is 65.5 Å². The highest BCUT2D eigenvalue weighted by atomic mass is 19.1. The Hall–Kier alpha value is -3.88. The Labute approximate surface area is 185 Å². The first-order valence-corrected chi connectivity index (χ1v) is 9.78. The molecule has 9 heteroatoms. The molecule has 2 rings (SSSR count). The number of benzene rings is 2. The van der Waals surface area contributed by atoms with Gasteiger partial charge in [0.1, 0.15) is 5.82 Å². The largest absolute Gasteiger partial charge is 0.493 e. The summed E-state index contributed by atoms with van der Waals surface area (Å²) >= 11 is 0. The Morgan fingerprint density at radius 2 is 1.84 bits per heavy atom. The zero-order chi connectivity index (χ0) is 23.5. The number of rotatable bonds is 11. The van der Waals surface area contributed by atoms with Crippen LogP contribution in [0.5, 0.6) is 11.5 Å². The maximum atomic E-state index is 12.9. The lowest BCUT2D eigenvalue weighted by Gasteiger charge is -2.12. The summed E-state index contributed by atoms with van der Waals surface area (Å²) in [4.78, 5) is 35.0. The van der Waals surface area contributed by atoms with Gasteiger partial charge in [0.05, 0.1) is 7.11 Å². The minimum absolute atomic E-state index is 0.290. The summed E-state index contributed by atoms with van der Waals surface area (Å²) in [5.41, 5.74) is 6.54. The van der Waals surface area contributed by atoms with E-state index in [0.717, 1.165) is 5.56 Å². The molecule has 0 radical (unpaired) electrons. The smallest absolute Gasteiger partial charge is 0.331 e. The molecule has 0 heterocycles. The van der Waals surface area contributed by atoms with E-state index in [1.54, 1.807) is 30.3 Å². The number of nitrogens with two attached hydrogens (primary N) is 1. The fraction of sp³-hybridized carbons (Fsp3) is 0.261. The number of methoxy groups -OCH3 is 1. The van der Waals surface area contributed by atoms with Crippen molar-refractivity contribution >= 4 is 23.9 Å². The highest BCUT2D eigenvalue weighted by Crippen LogP contribution is 2.28. The molecule has 0 saturated heterocycles. The fourth-order valence-corrected chi connectivity index (χ4v) is 2.61. The van der Waals surface area contributed by atoms with Crippen molar-refractivity contribution in [3.63, 3.8) is 0 Å². The molecule has 0 aliphatic carbocycles. The molecular weight excluding hydrogens is 419 g/mol. The second-order valence-electron chi connectivity index (χ2n) is 6.75. The third kappa shape index (κ3) is 8.10. The lowest BCUT2D eigenvalue weighted by atomic mass is 10.1. The number of amides is 2. The van der Waals surface area contributed by atoms with Gasteiger partial charge >= 0.3 is 5.97 Å². The number of ether oxygens (including phenoxy) is 3. The number of carbonyl (C=O) groups excluding carboxylic acids is 3. The maximum absolute atomic E-state index is 12.9. The van der Waals surface area contributed by atoms with Crippen LogP contribution in [0, 0.1) is 5.82 Å². The van der Waals surface area contributed by atoms with E-state index in [1.165, 1.54) is 38.3 Å². The second-order valence-corrected chi connectivity index (χ2v) is 6.75. The quantitative estimate of drug-likeness (QED) is 0.404. The molecule has 170 valence electrons. The number of esters is 1. The van der Waals surface area contributed by atoms with Crippen LogP contribution in [0.4, 0.5) is 4.39 Å². The zero-order valence-corrected chi connectivity index (χ0v) is 17.8. The standard InChI is InChI=1S/C23H25FN2O6/c1-15(23(29)26-12-11-16-3-7-18(24)8-4-16)32-22(28)10-6-17-5-9-19(20(13-17)30-2)31-14-21(25)27/h3-10,13,15H,11-12,14H2,1-2H3,(H2,25,27)(H,26,29)/b10-6+. The first-order valence-electron chi connectivity index (χ1n) is 9.78. The summed E-state index contributed by atoms with van der Waals surface area (Å²) in [5.74, 6) is -1.39. The van der Waals surface area contributed by atoms with Gasteiger partial charge in [0.25, 0.3) is 11.8 Å². The fourth-order valence-electron chi connectivity index (χ4n) is 2.61. The Bertz CT molecular complexity index is 975. The second kappa shape index (κ2) is 12.1. The van der Waals surface area contributed by atoms with E-state index in [1.807, 2.05) is 0 Å². The van der Waals surface area contributed by atoms with Gasteiger partial charge in [0, 0.05) is 12.6 Å². The number of carbonyl (C=O) groups is 3. The van der Waals surface area contributed by atoms with Crippen molar-refractivity contribution in [1.29, 1.82) is 0 Å². The van der Waals surface area contributed by atoms with Gasteiger partial charge in [0.2, 0.25) is 0 Å². The van der Waals surface area contributed by atoms with Gasteiger partial charge in [-0.2, -0.15) is 0 Å². The van der Waals surface area contributed by atoms with Crippen LogP contribution in [0.3, 0.4) is 0 Å². The molecule has 0 fully saturated rings. The molecule has 0 saturated carbocycles. The molecule has 8 nitrogen and oxygen atoms in total. The Kier molecular flexibility index (Phi) is 9.22. The molecule has 3 N–H and O–H groups in total. The molecule has 32 heavy (non-hydrogen) atoms. The molecular formula is C23H25FN2O6. The van der Waals surface area contributed by atoms with Crippen LogP contribution in [0.25, 0.3) is 6.08 Å². The third-order valence-corrected chi connectivity index (χ3v) is 4.26. The highest BCUT2D eigenvalue weighted by molar-refractivity contribution is 5.90. The van der Waals surface area contributed by atoms with Gasteiger partial charge in [-0.3, -0.25) is 9.59 Å². The first-order chi connectivity index (χ1) is 15.3. The van der Waals surface area contributed by atoms with E-state index in [-0.39, 0.29) is 12.4 Å². The summed E-state index contributed by atoms with van der Waals surface area (Å²) < 4.78 is 28.4. The molecule has 0 aliphatic rings. The van der Waals surface area contributed by atoms with Crippen molar-refractivity contribution in [2.45, 2.75) is 19.4 Å². The predicted molar refractivity (Wildman–Crippen MR) is 115 cm³/mol. The summed E-state index contributed by atoms with van der Waals surface area (Å²) in [5, 5.41) is 2.67. The van der Waals surface area contributed by atoms with Crippen LogP contribution in [0.1, 0.15) is 18.1 Å². The lowest BCUT2D eigenvalue weighted by Crippen LogP contribution is -2.36. The zero-order valence-electron chi connectivity index (χ0n) is 17.8. The monoisotopic (exact) mass is 444 g/mol. The summed E-state index contributed by atoms with van der Waals surface area (Å²) in [6, 6.07) is 10.8. The minimum atomic E-state index is -0.987. The van der Waals surface area contributed by atoms with Crippen molar-refractivity contribution in [2.24, 2.45) is 5.73 Å². The summed E-state index contributed by atoms with van der Waals surface area (Å²) in [6.07, 6.45) is 2.20. The van der Waals surface area contributed by atoms with Gasteiger partial charge in [-0.25, -0.2) is 9.18 Å². The molecule has 1 atom stereocenters. The summed E-state index contributed by atoms with van der Waals surface area (Å²) in [7, 11) is 1.44. The Balaban J connectivity index is 1.83. The molecule has 0 bridgehead atoms. The average Bonchev–Trinajstić information content (AvgIpc) is 2.77. The predicted octanol–water partition coefficient (Wildman–Crippen LogP) is 2.00. The van der Waals surface area contributed by atoms with Crippen molar-refractivity contribution < 1.29 is 33.0 Å². The number of hydrogen-bond donors (Lipinski definition) is 2. The highest BCUT2D eigenvalue weighted by Gasteiger charge is 2.16. The van der Waals surface area contributed by atoms with Crippen molar-refractivity contribution in [1.82, 2.24) is 5.32 Å². The lowest BCUT2D eigenvalue weighted by molar-refractivity contribution is -0.150. The topological polar surface area (TPSA) is 117 Å². The van der Waals surface area contributed by atoms with Crippen LogP contribution in [-0.2, 0) is 25.5 Å². The number of nitrogens with one attached hydrogen (secondary N) is 1. The van der Waals surface area contributed by atoms with E-state index < -0.39 is 23.9 Å². The Morgan fingerprint density at radius 1 is 1.12 bits per heavy atom. The Morgan fingerprint density at radius 3 is 2.50 bits per heavy atom. The van der Waals surface area contributed by atoms with Crippen LogP contribution in [-0.4, -0.2) is 44.1 Å². The third-order valence-electron chi connectivity index (χ3n) is 4.26.